The number of hydrogen-bond acceptors (Lipinski definition) is 4. The summed E-state index contributed by atoms with van der Waals surface area (Å²) in [5.41, 5.74) is 2.89. The van der Waals surface area contributed by atoms with Gasteiger partial charge in [-0.05, 0) is 55.2 Å². The van der Waals surface area contributed by atoms with Gasteiger partial charge in [0.25, 0.3) is 5.91 Å². The molecule has 0 aliphatic carbocycles. The minimum absolute atomic E-state index is 0.0211. The number of amides is 1. The van der Waals surface area contributed by atoms with Gasteiger partial charge in [0.2, 0.25) is 0 Å². The van der Waals surface area contributed by atoms with Gasteiger partial charge < -0.3 is 9.64 Å². The molecule has 1 aliphatic rings. The molecule has 0 spiro atoms. The number of sulfone groups is 1. The van der Waals surface area contributed by atoms with Gasteiger partial charge in [0.05, 0.1) is 11.5 Å². The van der Waals surface area contributed by atoms with Gasteiger partial charge in [-0.3, -0.25) is 4.79 Å². The van der Waals surface area contributed by atoms with E-state index >= 15 is 0 Å². The average Bonchev–Trinajstić information content (AvgIpc) is 2.98. The van der Waals surface area contributed by atoms with E-state index < -0.39 is 9.84 Å². The van der Waals surface area contributed by atoms with E-state index in [0.29, 0.717) is 17.2 Å². The largest absolute Gasteiger partial charge is 0.484 e. The second-order valence-corrected chi connectivity index (χ2v) is 9.92. The Hall–Kier alpha value is -2.05. The predicted octanol–water partition coefficient (Wildman–Crippen LogP) is 3.55. The maximum Gasteiger partial charge on any atom is 0.261 e. The normalized spacial score (nSPS) is 18.0. The van der Waals surface area contributed by atoms with Crippen molar-refractivity contribution in [3.63, 3.8) is 0 Å². The molecule has 0 radical (unpaired) electrons. The summed E-state index contributed by atoms with van der Waals surface area (Å²) in [4.78, 5) is 14.6. The third-order valence-electron chi connectivity index (χ3n) is 4.83. The summed E-state index contributed by atoms with van der Waals surface area (Å²) in [5, 5.41) is 0.552. The lowest BCUT2D eigenvalue weighted by Crippen LogP contribution is -2.43. The Morgan fingerprint density at radius 1 is 1.18 bits per heavy atom. The van der Waals surface area contributed by atoms with Crippen molar-refractivity contribution in [1.82, 2.24) is 4.90 Å². The van der Waals surface area contributed by atoms with Crippen molar-refractivity contribution >= 4 is 27.3 Å². The molecule has 1 amide bonds. The monoisotopic (exact) mass is 421 g/mol. The highest BCUT2D eigenvalue weighted by molar-refractivity contribution is 7.91. The van der Waals surface area contributed by atoms with E-state index in [0.717, 1.165) is 16.7 Å². The van der Waals surface area contributed by atoms with Crippen LogP contribution in [0.3, 0.4) is 0 Å². The Morgan fingerprint density at radius 2 is 1.86 bits per heavy atom. The lowest BCUT2D eigenvalue weighted by molar-refractivity contribution is -0.136. The van der Waals surface area contributed by atoms with Crippen molar-refractivity contribution in [2.75, 3.05) is 18.1 Å². The average molecular weight is 422 g/mol. The topological polar surface area (TPSA) is 63.7 Å². The maximum absolute atomic E-state index is 13.0. The van der Waals surface area contributed by atoms with Crippen LogP contribution in [0, 0.1) is 13.8 Å². The third-order valence-corrected chi connectivity index (χ3v) is 6.94. The fourth-order valence-corrected chi connectivity index (χ4v) is 5.42. The van der Waals surface area contributed by atoms with Crippen LogP contribution in [0.2, 0.25) is 5.02 Å². The number of aryl methyl sites for hydroxylation is 2. The molecule has 1 heterocycles. The molecule has 28 heavy (non-hydrogen) atoms. The Balaban J connectivity index is 1.77. The number of rotatable bonds is 6. The Bertz CT molecular complexity index is 954. The van der Waals surface area contributed by atoms with Crippen LogP contribution in [0.15, 0.2) is 42.5 Å². The van der Waals surface area contributed by atoms with E-state index in [1.54, 1.807) is 11.0 Å². The highest BCUT2D eigenvalue weighted by Gasteiger charge is 2.35. The number of carbonyl (C=O) groups excluding carboxylic acids is 1. The van der Waals surface area contributed by atoms with Crippen molar-refractivity contribution in [2.45, 2.75) is 32.9 Å². The Labute approximate surface area is 171 Å². The lowest BCUT2D eigenvalue weighted by Gasteiger charge is -2.29. The van der Waals surface area contributed by atoms with Crippen LogP contribution in [-0.2, 0) is 21.2 Å². The van der Waals surface area contributed by atoms with Gasteiger partial charge in [-0.25, -0.2) is 8.42 Å². The molecule has 1 fully saturated rings. The Kier molecular flexibility index (Phi) is 6.30. The Morgan fingerprint density at radius 3 is 2.46 bits per heavy atom. The summed E-state index contributed by atoms with van der Waals surface area (Å²) in [6, 6.07) is 12.7. The van der Waals surface area contributed by atoms with Crippen LogP contribution >= 0.6 is 11.6 Å². The van der Waals surface area contributed by atoms with Gasteiger partial charge in [-0.1, -0.05) is 35.9 Å². The van der Waals surface area contributed by atoms with Gasteiger partial charge in [-0.15, -0.1) is 0 Å². The molecule has 0 N–H and O–H groups in total. The number of nitrogens with zero attached hydrogens (tertiary/aromatic N) is 1. The SMILES string of the molecule is Cc1cc(C)cc(OCC(=O)N(Cc2ccccc2Cl)[C@@H]2CCS(=O)(=O)C2)c1. The van der Waals surface area contributed by atoms with Crippen molar-refractivity contribution in [3.05, 3.63) is 64.2 Å². The van der Waals surface area contributed by atoms with Crippen LogP contribution in [-0.4, -0.2) is 43.4 Å². The van der Waals surface area contributed by atoms with Crippen LogP contribution in [0.4, 0.5) is 0 Å². The number of hydrogen-bond donors (Lipinski definition) is 0. The van der Waals surface area contributed by atoms with Crippen LogP contribution in [0.1, 0.15) is 23.1 Å². The van der Waals surface area contributed by atoms with E-state index in [9.17, 15) is 13.2 Å². The molecule has 150 valence electrons. The fraction of sp³-hybridized carbons (Fsp3) is 0.381. The highest BCUT2D eigenvalue weighted by atomic mass is 35.5. The van der Waals surface area contributed by atoms with Crippen molar-refractivity contribution in [2.24, 2.45) is 0 Å². The zero-order valence-corrected chi connectivity index (χ0v) is 17.6. The van der Waals surface area contributed by atoms with E-state index in [1.807, 2.05) is 50.2 Å². The summed E-state index contributed by atoms with van der Waals surface area (Å²) in [7, 11) is -3.12. The first-order valence-electron chi connectivity index (χ1n) is 9.18. The molecule has 2 aromatic carbocycles. The molecule has 1 saturated heterocycles. The minimum Gasteiger partial charge on any atom is -0.484 e. The molecular weight excluding hydrogens is 398 g/mol. The molecule has 7 heteroatoms. The third kappa shape index (κ3) is 5.26. The van der Waals surface area contributed by atoms with E-state index in [2.05, 4.69) is 0 Å². The number of benzene rings is 2. The first kappa shape index (κ1) is 20.7. The summed E-state index contributed by atoms with van der Waals surface area (Å²) in [6.45, 7) is 4.04. The smallest absolute Gasteiger partial charge is 0.261 e. The molecule has 0 saturated carbocycles. The molecule has 5 nitrogen and oxygen atoms in total. The van der Waals surface area contributed by atoms with E-state index in [-0.39, 0.29) is 36.6 Å². The summed E-state index contributed by atoms with van der Waals surface area (Å²) in [6.07, 6.45) is 0.433. The maximum atomic E-state index is 13.0. The van der Waals surface area contributed by atoms with Gasteiger partial charge in [-0.2, -0.15) is 0 Å². The second-order valence-electron chi connectivity index (χ2n) is 7.28. The van der Waals surface area contributed by atoms with Gasteiger partial charge in [0, 0.05) is 17.6 Å². The van der Waals surface area contributed by atoms with Gasteiger partial charge >= 0.3 is 0 Å². The van der Waals surface area contributed by atoms with E-state index in [1.165, 1.54) is 0 Å². The molecule has 0 aromatic heterocycles. The highest BCUT2D eigenvalue weighted by Crippen LogP contribution is 2.24. The van der Waals surface area contributed by atoms with Crippen molar-refractivity contribution < 1.29 is 17.9 Å². The van der Waals surface area contributed by atoms with Gasteiger partial charge in [0.1, 0.15) is 5.75 Å². The zero-order chi connectivity index (χ0) is 20.3. The number of halogens is 1. The summed E-state index contributed by atoms with van der Waals surface area (Å²) >= 11 is 6.26. The molecule has 3 rings (SSSR count). The summed E-state index contributed by atoms with van der Waals surface area (Å²) < 4.78 is 29.6. The first-order chi connectivity index (χ1) is 13.2. The van der Waals surface area contributed by atoms with Crippen LogP contribution in [0.25, 0.3) is 0 Å². The minimum atomic E-state index is -3.12. The molecule has 1 atom stereocenters. The van der Waals surface area contributed by atoms with Crippen molar-refractivity contribution in [3.8, 4) is 5.75 Å². The number of ether oxygens (including phenoxy) is 1. The molecule has 0 bridgehead atoms. The first-order valence-corrected chi connectivity index (χ1v) is 11.4. The predicted molar refractivity (Wildman–Crippen MR) is 110 cm³/mol. The standard InChI is InChI=1S/C21H24ClNO4S/c1-15-9-16(2)11-19(10-15)27-13-21(24)23(18-7-8-28(25,26)14-18)12-17-5-3-4-6-20(17)22/h3-6,9-11,18H,7-8,12-14H2,1-2H3/t18-/m1/s1. The lowest BCUT2D eigenvalue weighted by atomic mass is 10.1. The zero-order valence-electron chi connectivity index (χ0n) is 16.0. The van der Waals surface area contributed by atoms with Crippen LogP contribution < -0.4 is 4.74 Å². The summed E-state index contributed by atoms with van der Waals surface area (Å²) in [5.74, 6) is 0.457. The molecule has 1 aliphatic heterocycles. The quantitative estimate of drug-likeness (QED) is 0.715. The van der Waals surface area contributed by atoms with Crippen molar-refractivity contribution in [1.29, 1.82) is 0 Å². The fourth-order valence-electron chi connectivity index (χ4n) is 3.50. The second kappa shape index (κ2) is 8.53. The molecular formula is C21H24ClNO4S. The molecule has 0 unspecified atom stereocenters. The molecule has 2 aromatic rings. The van der Waals surface area contributed by atoms with E-state index in [4.69, 9.17) is 16.3 Å². The van der Waals surface area contributed by atoms with Gasteiger partial charge in [0.15, 0.2) is 16.4 Å². The van der Waals surface area contributed by atoms with Crippen LogP contribution in [0.5, 0.6) is 5.75 Å². The number of carbonyl (C=O) groups is 1.